The molecule has 0 atom stereocenters. The van der Waals surface area contributed by atoms with Gasteiger partial charge in [0, 0.05) is 24.7 Å². The third-order valence-corrected chi connectivity index (χ3v) is 4.59. The fraction of sp³-hybridized carbons (Fsp3) is 0.278. The van der Waals surface area contributed by atoms with Gasteiger partial charge in [-0.15, -0.1) is 0 Å². The number of benzene rings is 1. The first-order valence-electron chi connectivity index (χ1n) is 8.44. The number of nitrogens with one attached hydrogen (secondary N) is 2. The van der Waals surface area contributed by atoms with Gasteiger partial charge in [0.2, 0.25) is 0 Å². The minimum absolute atomic E-state index is 0.101. The predicted octanol–water partition coefficient (Wildman–Crippen LogP) is 1.62. The molecule has 1 saturated heterocycles. The second-order valence-corrected chi connectivity index (χ2v) is 6.23. The number of carbonyl (C=O) groups excluding carboxylic acids is 1. The zero-order chi connectivity index (χ0) is 17.9. The van der Waals surface area contributed by atoms with Crippen LogP contribution in [0.2, 0.25) is 0 Å². The molecule has 0 spiro atoms. The van der Waals surface area contributed by atoms with Gasteiger partial charge in [0.05, 0.1) is 18.0 Å². The van der Waals surface area contributed by atoms with E-state index in [2.05, 4.69) is 36.2 Å². The van der Waals surface area contributed by atoms with Gasteiger partial charge >= 0.3 is 0 Å². The van der Waals surface area contributed by atoms with Gasteiger partial charge in [-0.3, -0.25) is 4.79 Å². The zero-order valence-corrected chi connectivity index (χ0v) is 14.0. The maximum Gasteiger partial charge on any atom is 0.251 e. The lowest BCUT2D eigenvalue weighted by molar-refractivity contribution is 0.0931. The van der Waals surface area contributed by atoms with Crippen LogP contribution in [-0.4, -0.2) is 45.0 Å². The van der Waals surface area contributed by atoms with E-state index in [1.165, 1.54) is 6.33 Å². The Morgan fingerprint density at radius 1 is 1.27 bits per heavy atom. The Morgan fingerprint density at radius 3 is 2.92 bits per heavy atom. The van der Waals surface area contributed by atoms with E-state index in [9.17, 15) is 4.79 Å². The Balaban J connectivity index is 1.40. The fourth-order valence-electron chi connectivity index (χ4n) is 3.23. The van der Waals surface area contributed by atoms with Crippen LogP contribution in [0, 0.1) is 11.3 Å². The highest BCUT2D eigenvalue weighted by Crippen LogP contribution is 2.23. The van der Waals surface area contributed by atoms with E-state index >= 15 is 0 Å². The first-order valence-corrected chi connectivity index (χ1v) is 8.44. The van der Waals surface area contributed by atoms with Crippen LogP contribution >= 0.6 is 0 Å². The maximum absolute atomic E-state index is 12.4. The standard InChI is InChI=1S/C18H17N7O/c19-9-12-2-1-3-13(8-12)18(26)24-14-4-6-25(7-5-14)17-15-16(21-10-20-15)22-11-23-17/h1-3,8,10-11,14H,4-7H2,(H,24,26)(H,20,21,22,23). The Morgan fingerprint density at radius 2 is 2.12 bits per heavy atom. The highest BCUT2D eigenvalue weighted by molar-refractivity contribution is 5.94. The lowest BCUT2D eigenvalue weighted by Gasteiger charge is -2.33. The summed E-state index contributed by atoms with van der Waals surface area (Å²) in [7, 11) is 0. The van der Waals surface area contributed by atoms with Gasteiger partial charge in [0.1, 0.15) is 11.8 Å². The number of hydrogen-bond donors (Lipinski definition) is 2. The van der Waals surface area contributed by atoms with Gasteiger partial charge in [0.15, 0.2) is 11.5 Å². The second kappa shape index (κ2) is 6.80. The largest absolute Gasteiger partial charge is 0.355 e. The maximum atomic E-state index is 12.4. The van der Waals surface area contributed by atoms with Crippen molar-refractivity contribution < 1.29 is 4.79 Å². The summed E-state index contributed by atoms with van der Waals surface area (Å²) >= 11 is 0. The predicted molar refractivity (Wildman–Crippen MR) is 95.5 cm³/mol. The lowest BCUT2D eigenvalue weighted by atomic mass is 10.0. The number of H-pyrrole nitrogens is 1. The molecule has 1 aliphatic heterocycles. The molecule has 8 heteroatoms. The number of carbonyl (C=O) groups is 1. The molecule has 4 rings (SSSR count). The Kier molecular flexibility index (Phi) is 4.19. The quantitative estimate of drug-likeness (QED) is 0.745. The van der Waals surface area contributed by atoms with E-state index in [1.807, 2.05) is 0 Å². The van der Waals surface area contributed by atoms with Gasteiger partial charge in [0.25, 0.3) is 5.91 Å². The summed E-state index contributed by atoms with van der Waals surface area (Å²) < 4.78 is 0. The minimum Gasteiger partial charge on any atom is -0.355 e. The van der Waals surface area contributed by atoms with Crippen molar-refractivity contribution in [3.63, 3.8) is 0 Å². The smallest absolute Gasteiger partial charge is 0.251 e. The molecule has 0 aliphatic carbocycles. The molecule has 2 N–H and O–H groups in total. The number of amides is 1. The topological polar surface area (TPSA) is 111 Å². The molecule has 2 aromatic heterocycles. The fourth-order valence-corrected chi connectivity index (χ4v) is 3.23. The van der Waals surface area contributed by atoms with Crippen LogP contribution in [-0.2, 0) is 0 Å². The highest BCUT2D eigenvalue weighted by atomic mass is 16.1. The Bertz CT molecular complexity index is 982. The zero-order valence-electron chi connectivity index (χ0n) is 14.0. The second-order valence-electron chi connectivity index (χ2n) is 6.23. The number of rotatable bonds is 3. The normalized spacial score (nSPS) is 15.0. The van der Waals surface area contributed by atoms with E-state index < -0.39 is 0 Å². The number of anilines is 1. The van der Waals surface area contributed by atoms with Crippen molar-refractivity contribution in [2.24, 2.45) is 0 Å². The molecule has 0 unspecified atom stereocenters. The van der Waals surface area contributed by atoms with Crippen LogP contribution in [0.15, 0.2) is 36.9 Å². The molecule has 3 heterocycles. The molecule has 1 amide bonds. The molecule has 0 saturated carbocycles. The molecule has 1 fully saturated rings. The summed E-state index contributed by atoms with van der Waals surface area (Å²) in [5.41, 5.74) is 2.49. The number of imidazole rings is 1. The molecule has 1 aliphatic rings. The summed E-state index contributed by atoms with van der Waals surface area (Å²) in [5.74, 6) is 0.706. The third kappa shape index (κ3) is 3.07. The summed E-state index contributed by atoms with van der Waals surface area (Å²) in [5, 5.41) is 12.0. The molecule has 130 valence electrons. The average Bonchev–Trinajstić information content (AvgIpc) is 3.17. The number of nitrogens with zero attached hydrogens (tertiary/aromatic N) is 5. The Hall–Kier alpha value is -3.47. The van der Waals surface area contributed by atoms with Crippen molar-refractivity contribution >= 4 is 22.9 Å². The SMILES string of the molecule is N#Cc1cccc(C(=O)NC2CCN(c3ncnc4nc[nH]c34)CC2)c1. The molecular weight excluding hydrogens is 330 g/mol. The van der Waals surface area contributed by atoms with Crippen molar-refractivity contribution in [3.8, 4) is 6.07 Å². The molecule has 0 radical (unpaired) electrons. The molecule has 8 nitrogen and oxygen atoms in total. The average molecular weight is 347 g/mol. The number of hydrogen-bond acceptors (Lipinski definition) is 6. The molecule has 1 aromatic carbocycles. The minimum atomic E-state index is -0.140. The first-order chi connectivity index (χ1) is 12.7. The first kappa shape index (κ1) is 16.0. The van der Waals surface area contributed by atoms with E-state index in [0.717, 1.165) is 37.3 Å². The van der Waals surface area contributed by atoms with Gasteiger partial charge in [-0.2, -0.15) is 5.26 Å². The van der Waals surface area contributed by atoms with E-state index in [0.29, 0.717) is 16.8 Å². The van der Waals surface area contributed by atoms with E-state index in [4.69, 9.17) is 5.26 Å². The Labute approximate surface area is 149 Å². The number of aromatic nitrogens is 4. The number of fused-ring (bicyclic) bond motifs is 1. The van der Waals surface area contributed by atoms with Crippen molar-refractivity contribution in [1.29, 1.82) is 5.26 Å². The van der Waals surface area contributed by atoms with Crippen molar-refractivity contribution in [1.82, 2.24) is 25.3 Å². The van der Waals surface area contributed by atoms with Gasteiger partial charge in [-0.25, -0.2) is 15.0 Å². The van der Waals surface area contributed by atoms with Crippen LogP contribution in [0.5, 0.6) is 0 Å². The molecule has 3 aromatic rings. The number of aromatic amines is 1. The molecular formula is C18H17N7O. The third-order valence-electron chi connectivity index (χ3n) is 4.59. The van der Waals surface area contributed by atoms with E-state index in [1.54, 1.807) is 30.6 Å². The van der Waals surface area contributed by atoms with Crippen molar-refractivity contribution in [3.05, 3.63) is 48.0 Å². The van der Waals surface area contributed by atoms with Crippen LogP contribution in [0.1, 0.15) is 28.8 Å². The lowest BCUT2D eigenvalue weighted by Crippen LogP contribution is -2.45. The van der Waals surface area contributed by atoms with E-state index in [-0.39, 0.29) is 11.9 Å². The van der Waals surface area contributed by atoms with Gasteiger partial charge in [-0.1, -0.05) is 6.07 Å². The van der Waals surface area contributed by atoms with Crippen LogP contribution < -0.4 is 10.2 Å². The summed E-state index contributed by atoms with van der Waals surface area (Å²) in [6.07, 6.45) is 4.78. The van der Waals surface area contributed by atoms with Crippen LogP contribution in [0.3, 0.4) is 0 Å². The van der Waals surface area contributed by atoms with Crippen molar-refractivity contribution in [2.45, 2.75) is 18.9 Å². The summed E-state index contributed by atoms with van der Waals surface area (Å²) in [4.78, 5) is 30.4. The van der Waals surface area contributed by atoms with Gasteiger partial charge in [-0.05, 0) is 31.0 Å². The molecule has 0 bridgehead atoms. The highest BCUT2D eigenvalue weighted by Gasteiger charge is 2.23. The monoisotopic (exact) mass is 347 g/mol. The number of piperidine rings is 1. The summed E-state index contributed by atoms with van der Waals surface area (Å²) in [6.45, 7) is 1.57. The van der Waals surface area contributed by atoms with Crippen LogP contribution in [0.4, 0.5) is 5.82 Å². The van der Waals surface area contributed by atoms with Crippen LogP contribution in [0.25, 0.3) is 11.2 Å². The number of nitriles is 1. The van der Waals surface area contributed by atoms with Gasteiger partial charge < -0.3 is 15.2 Å². The molecule has 26 heavy (non-hydrogen) atoms. The van der Waals surface area contributed by atoms with Crippen molar-refractivity contribution in [2.75, 3.05) is 18.0 Å². The summed E-state index contributed by atoms with van der Waals surface area (Å²) in [6, 6.07) is 8.90.